The highest BCUT2D eigenvalue weighted by Gasteiger charge is 2.04. The van der Waals surface area contributed by atoms with Gasteiger partial charge in [0.15, 0.2) is 5.82 Å². The summed E-state index contributed by atoms with van der Waals surface area (Å²) in [7, 11) is 0. The highest BCUT2D eigenvalue weighted by atomic mass is 16.3. The van der Waals surface area contributed by atoms with Crippen LogP contribution < -0.4 is 5.32 Å². The highest BCUT2D eigenvalue weighted by Crippen LogP contribution is 2.20. The first-order valence-electron chi connectivity index (χ1n) is 5.82. The first kappa shape index (κ1) is 10.8. The van der Waals surface area contributed by atoms with Crippen molar-refractivity contribution in [2.75, 3.05) is 5.32 Å². The Morgan fingerprint density at radius 3 is 2.89 bits per heavy atom. The van der Waals surface area contributed by atoms with Gasteiger partial charge in [-0.05, 0) is 19.1 Å². The number of anilines is 1. The van der Waals surface area contributed by atoms with E-state index < -0.39 is 0 Å². The molecule has 3 rings (SSSR count). The van der Waals surface area contributed by atoms with Crippen molar-refractivity contribution in [1.82, 2.24) is 10.2 Å². The fourth-order valence-electron chi connectivity index (χ4n) is 1.91. The van der Waals surface area contributed by atoms with Gasteiger partial charge in [0.25, 0.3) is 0 Å². The van der Waals surface area contributed by atoms with Crippen LogP contribution in [0.4, 0.5) is 5.82 Å². The summed E-state index contributed by atoms with van der Waals surface area (Å²) < 4.78 is 5.51. The molecule has 2 aromatic heterocycles. The van der Waals surface area contributed by atoms with Crippen LogP contribution in [0.25, 0.3) is 10.8 Å². The number of aromatic nitrogens is 2. The molecule has 18 heavy (non-hydrogen) atoms. The minimum atomic E-state index is 0.608. The van der Waals surface area contributed by atoms with E-state index in [4.69, 9.17) is 4.42 Å². The van der Waals surface area contributed by atoms with Gasteiger partial charge in [0.05, 0.1) is 12.7 Å². The van der Waals surface area contributed by atoms with E-state index in [2.05, 4.69) is 15.5 Å². The minimum Gasteiger partial charge on any atom is -0.465 e. The number of hydrogen-bond donors (Lipinski definition) is 1. The summed E-state index contributed by atoms with van der Waals surface area (Å²) in [5.41, 5.74) is 0. The lowest BCUT2D eigenvalue weighted by Crippen LogP contribution is -2.02. The van der Waals surface area contributed by atoms with E-state index in [1.54, 1.807) is 6.20 Å². The zero-order valence-electron chi connectivity index (χ0n) is 10.1. The van der Waals surface area contributed by atoms with E-state index in [0.29, 0.717) is 6.54 Å². The van der Waals surface area contributed by atoms with E-state index in [-0.39, 0.29) is 0 Å². The molecule has 1 N–H and O–H groups in total. The molecule has 0 amide bonds. The van der Waals surface area contributed by atoms with Crippen LogP contribution in [0.15, 0.2) is 47.0 Å². The molecule has 90 valence electrons. The van der Waals surface area contributed by atoms with E-state index >= 15 is 0 Å². The van der Waals surface area contributed by atoms with Crippen molar-refractivity contribution in [2.24, 2.45) is 0 Å². The Balaban J connectivity index is 1.86. The van der Waals surface area contributed by atoms with Gasteiger partial charge in [-0.3, -0.25) is 0 Å². The average molecular weight is 239 g/mol. The largest absolute Gasteiger partial charge is 0.465 e. The number of benzene rings is 1. The Hall–Kier alpha value is -2.36. The summed E-state index contributed by atoms with van der Waals surface area (Å²) in [6.45, 7) is 2.54. The van der Waals surface area contributed by atoms with Crippen LogP contribution in [-0.2, 0) is 6.54 Å². The maximum atomic E-state index is 5.51. The van der Waals surface area contributed by atoms with Gasteiger partial charge >= 0.3 is 0 Å². The molecule has 1 aromatic carbocycles. The summed E-state index contributed by atoms with van der Waals surface area (Å²) in [5.74, 6) is 2.58. The second kappa shape index (κ2) is 4.49. The smallest absolute Gasteiger partial charge is 0.156 e. The standard InChI is InChI=1S/C14H13N3O/c1-10-6-7-12(18-10)9-15-14-13-5-3-2-4-11(13)8-16-17-14/h2-8H,9H2,1H3,(H,15,17). The number of fused-ring (bicyclic) bond motifs is 1. The highest BCUT2D eigenvalue weighted by molar-refractivity contribution is 5.90. The number of hydrogen-bond acceptors (Lipinski definition) is 4. The molecule has 0 unspecified atom stereocenters. The Bertz CT molecular complexity index is 670. The van der Waals surface area contributed by atoms with Gasteiger partial charge < -0.3 is 9.73 Å². The van der Waals surface area contributed by atoms with Crippen molar-refractivity contribution in [3.05, 3.63) is 54.1 Å². The molecule has 0 saturated carbocycles. The van der Waals surface area contributed by atoms with Crippen molar-refractivity contribution in [2.45, 2.75) is 13.5 Å². The molecule has 3 aromatic rings. The topological polar surface area (TPSA) is 51.0 Å². The van der Waals surface area contributed by atoms with Gasteiger partial charge in [0.2, 0.25) is 0 Å². The van der Waals surface area contributed by atoms with Crippen molar-refractivity contribution in [3.8, 4) is 0 Å². The lowest BCUT2D eigenvalue weighted by Gasteiger charge is -2.05. The van der Waals surface area contributed by atoms with E-state index in [1.807, 2.05) is 43.3 Å². The average Bonchev–Trinajstić information content (AvgIpc) is 2.82. The van der Waals surface area contributed by atoms with Crippen LogP contribution in [0.5, 0.6) is 0 Å². The predicted octanol–water partition coefficient (Wildman–Crippen LogP) is 3.14. The first-order valence-corrected chi connectivity index (χ1v) is 5.82. The number of rotatable bonds is 3. The molecule has 0 radical (unpaired) electrons. The molecule has 2 heterocycles. The Morgan fingerprint density at radius 1 is 1.17 bits per heavy atom. The summed E-state index contributed by atoms with van der Waals surface area (Å²) in [4.78, 5) is 0. The molecule has 0 aliphatic carbocycles. The molecule has 0 bridgehead atoms. The van der Waals surface area contributed by atoms with Crippen molar-refractivity contribution >= 4 is 16.6 Å². The predicted molar refractivity (Wildman–Crippen MR) is 70.3 cm³/mol. The lowest BCUT2D eigenvalue weighted by atomic mass is 10.2. The molecule has 4 heteroatoms. The third-order valence-electron chi connectivity index (χ3n) is 2.80. The SMILES string of the molecule is Cc1ccc(CNc2nncc3ccccc23)o1. The fraction of sp³-hybridized carbons (Fsp3) is 0.143. The Labute approximate surface area is 105 Å². The van der Waals surface area contributed by atoms with Crippen LogP contribution in [0, 0.1) is 6.92 Å². The van der Waals surface area contributed by atoms with E-state index in [0.717, 1.165) is 28.1 Å². The van der Waals surface area contributed by atoms with Crippen molar-refractivity contribution in [3.63, 3.8) is 0 Å². The van der Waals surface area contributed by atoms with Gasteiger partial charge in [-0.1, -0.05) is 24.3 Å². The molecule has 0 fully saturated rings. The molecular formula is C14H13N3O. The summed E-state index contributed by atoms with van der Waals surface area (Å²) in [5, 5.41) is 13.5. The number of nitrogens with zero attached hydrogens (tertiary/aromatic N) is 2. The maximum Gasteiger partial charge on any atom is 0.156 e. The number of nitrogens with one attached hydrogen (secondary N) is 1. The normalized spacial score (nSPS) is 10.7. The second-order valence-electron chi connectivity index (χ2n) is 4.15. The molecule has 0 spiro atoms. The minimum absolute atomic E-state index is 0.608. The Kier molecular flexibility index (Phi) is 2.68. The monoisotopic (exact) mass is 239 g/mol. The van der Waals surface area contributed by atoms with E-state index in [1.165, 1.54) is 0 Å². The van der Waals surface area contributed by atoms with Crippen molar-refractivity contribution < 1.29 is 4.42 Å². The summed E-state index contributed by atoms with van der Waals surface area (Å²) in [6, 6.07) is 11.9. The van der Waals surface area contributed by atoms with Crippen molar-refractivity contribution in [1.29, 1.82) is 0 Å². The number of furan rings is 1. The van der Waals surface area contributed by atoms with Crippen LogP contribution in [0.3, 0.4) is 0 Å². The summed E-state index contributed by atoms with van der Waals surface area (Å²) >= 11 is 0. The third kappa shape index (κ3) is 2.05. The van der Waals surface area contributed by atoms with Crippen LogP contribution >= 0.6 is 0 Å². The Morgan fingerprint density at radius 2 is 2.06 bits per heavy atom. The lowest BCUT2D eigenvalue weighted by molar-refractivity contribution is 0.490. The third-order valence-corrected chi connectivity index (χ3v) is 2.80. The molecule has 0 atom stereocenters. The zero-order valence-corrected chi connectivity index (χ0v) is 10.1. The first-order chi connectivity index (χ1) is 8.83. The van der Waals surface area contributed by atoms with Crippen LogP contribution in [-0.4, -0.2) is 10.2 Å². The van der Waals surface area contributed by atoms with Gasteiger partial charge in [0.1, 0.15) is 11.5 Å². The van der Waals surface area contributed by atoms with Gasteiger partial charge in [0, 0.05) is 10.8 Å². The van der Waals surface area contributed by atoms with E-state index in [9.17, 15) is 0 Å². The molecule has 0 aliphatic rings. The van der Waals surface area contributed by atoms with Gasteiger partial charge in [-0.25, -0.2) is 0 Å². The molecule has 0 aliphatic heterocycles. The van der Waals surface area contributed by atoms with Crippen LogP contribution in [0.2, 0.25) is 0 Å². The molecular weight excluding hydrogens is 226 g/mol. The van der Waals surface area contributed by atoms with Crippen LogP contribution in [0.1, 0.15) is 11.5 Å². The molecule has 0 saturated heterocycles. The summed E-state index contributed by atoms with van der Waals surface area (Å²) in [6.07, 6.45) is 1.76. The van der Waals surface area contributed by atoms with Gasteiger partial charge in [-0.2, -0.15) is 5.10 Å². The zero-order chi connectivity index (χ0) is 12.4. The quantitative estimate of drug-likeness (QED) is 0.762. The van der Waals surface area contributed by atoms with Gasteiger partial charge in [-0.15, -0.1) is 5.10 Å². The number of aryl methyl sites for hydroxylation is 1. The molecule has 4 nitrogen and oxygen atoms in total. The second-order valence-corrected chi connectivity index (χ2v) is 4.15. The fourth-order valence-corrected chi connectivity index (χ4v) is 1.91. The maximum absolute atomic E-state index is 5.51.